The maximum atomic E-state index is 12.7. The Morgan fingerprint density at radius 2 is 1.78 bits per heavy atom. The zero-order valence-electron chi connectivity index (χ0n) is 15.5. The van der Waals surface area contributed by atoms with Crippen molar-refractivity contribution >= 4 is 17.7 Å². The van der Waals surface area contributed by atoms with Gasteiger partial charge in [-0.3, -0.25) is 0 Å². The van der Waals surface area contributed by atoms with Crippen molar-refractivity contribution < 1.29 is 24.2 Å². The Kier molecular flexibility index (Phi) is 7.63. The molecule has 0 aliphatic carbocycles. The second-order valence-corrected chi connectivity index (χ2v) is 5.82. The van der Waals surface area contributed by atoms with Crippen LogP contribution in [0.1, 0.15) is 22.3 Å². The monoisotopic (exact) mass is 372 g/mol. The van der Waals surface area contributed by atoms with E-state index in [0.717, 1.165) is 5.56 Å². The standard InChI is InChI=1S/C20H24N2O5/c1-26-18-7-4-3-6-17(18)21-20(25)22(12-5-13-23)14-15-8-10-16(11-9-15)19(24)27-2/h3-4,6-11,23H,5,12-14H2,1-2H3,(H,21,25). The molecule has 0 bridgehead atoms. The molecule has 0 saturated heterocycles. The number of hydrogen-bond donors (Lipinski definition) is 2. The molecule has 0 heterocycles. The summed E-state index contributed by atoms with van der Waals surface area (Å²) in [6, 6.07) is 13.7. The molecule has 2 N–H and O–H groups in total. The Hall–Kier alpha value is -3.06. The smallest absolute Gasteiger partial charge is 0.337 e. The highest BCUT2D eigenvalue weighted by Crippen LogP contribution is 2.23. The van der Waals surface area contributed by atoms with Crippen LogP contribution in [-0.4, -0.2) is 49.4 Å². The summed E-state index contributed by atoms with van der Waals surface area (Å²) in [7, 11) is 2.87. The minimum atomic E-state index is -0.410. The third kappa shape index (κ3) is 5.72. The first-order valence-electron chi connectivity index (χ1n) is 8.56. The maximum Gasteiger partial charge on any atom is 0.337 e. The molecule has 0 aliphatic heterocycles. The predicted molar refractivity (Wildman–Crippen MR) is 102 cm³/mol. The number of hydrogen-bond acceptors (Lipinski definition) is 5. The number of ether oxygens (including phenoxy) is 2. The molecule has 2 amide bonds. The zero-order valence-corrected chi connectivity index (χ0v) is 15.5. The minimum absolute atomic E-state index is 0.0142. The SMILES string of the molecule is COC(=O)c1ccc(CN(CCCO)C(=O)Nc2ccccc2OC)cc1. The lowest BCUT2D eigenvalue weighted by Gasteiger charge is -2.23. The average Bonchev–Trinajstić information content (AvgIpc) is 2.71. The van der Waals surface area contributed by atoms with Crippen LogP contribution in [0.4, 0.5) is 10.5 Å². The van der Waals surface area contributed by atoms with Crippen molar-refractivity contribution in [3.05, 3.63) is 59.7 Å². The van der Waals surface area contributed by atoms with E-state index in [-0.39, 0.29) is 12.6 Å². The van der Waals surface area contributed by atoms with Crippen molar-refractivity contribution in [2.75, 3.05) is 32.7 Å². The number of urea groups is 1. The minimum Gasteiger partial charge on any atom is -0.495 e. The van der Waals surface area contributed by atoms with E-state index in [1.807, 2.05) is 12.1 Å². The first kappa shape index (κ1) is 20.3. The molecular weight excluding hydrogens is 348 g/mol. The number of rotatable bonds is 8. The van der Waals surface area contributed by atoms with Crippen molar-refractivity contribution in [1.29, 1.82) is 0 Å². The Labute approximate surface area is 158 Å². The fourth-order valence-corrected chi connectivity index (χ4v) is 2.54. The van der Waals surface area contributed by atoms with Crippen LogP contribution < -0.4 is 10.1 Å². The summed E-state index contributed by atoms with van der Waals surface area (Å²) in [4.78, 5) is 25.8. The van der Waals surface area contributed by atoms with Gasteiger partial charge >= 0.3 is 12.0 Å². The molecule has 2 aromatic rings. The van der Waals surface area contributed by atoms with E-state index in [1.54, 1.807) is 41.3 Å². The van der Waals surface area contributed by atoms with Gasteiger partial charge in [0, 0.05) is 19.7 Å². The second kappa shape index (κ2) is 10.2. The van der Waals surface area contributed by atoms with Crippen LogP contribution in [0.3, 0.4) is 0 Å². The normalized spacial score (nSPS) is 10.2. The number of benzene rings is 2. The van der Waals surface area contributed by atoms with E-state index in [1.165, 1.54) is 14.2 Å². The van der Waals surface area contributed by atoms with Gasteiger partial charge in [0.2, 0.25) is 0 Å². The number of aliphatic hydroxyl groups is 1. The number of anilines is 1. The number of methoxy groups -OCH3 is 2. The van der Waals surface area contributed by atoms with Gasteiger partial charge in [-0.05, 0) is 36.2 Å². The number of amides is 2. The molecule has 0 radical (unpaired) electrons. The summed E-state index contributed by atoms with van der Waals surface area (Å²) in [5, 5.41) is 12.0. The van der Waals surface area contributed by atoms with Gasteiger partial charge in [-0.2, -0.15) is 0 Å². The molecule has 0 atom stereocenters. The molecule has 0 aliphatic rings. The van der Waals surface area contributed by atoms with Gasteiger partial charge in [0.15, 0.2) is 0 Å². The number of nitrogens with zero attached hydrogens (tertiary/aromatic N) is 1. The topological polar surface area (TPSA) is 88.1 Å². The van der Waals surface area contributed by atoms with Gasteiger partial charge in [0.1, 0.15) is 5.75 Å². The van der Waals surface area contributed by atoms with Crippen molar-refractivity contribution in [3.8, 4) is 5.75 Å². The lowest BCUT2D eigenvalue weighted by atomic mass is 10.1. The number of carbonyl (C=O) groups excluding carboxylic acids is 2. The van der Waals surface area contributed by atoms with Crippen LogP contribution in [-0.2, 0) is 11.3 Å². The molecule has 144 valence electrons. The van der Waals surface area contributed by atoms with E-state index in [4.69, 9.17) is 9.84 Å². The number of aliphatic hydroxyl groups excluding tert-OH is 1. The molecule has 2 rings (SSSR count). The van der Waals surface area contributed by atoms with Crippen LogP contribution >= 0.6 is 0 Å². The first-order valence-corrected chi connectivity index (χ1v) is 8.56. The van der Waals surface area contributed by atoms with Gasteiger partial charge in [-0.1, -0.05) is 24.3 Å². The fraction of sp³-hybridized carbons (Fsp3) is 0.300. The Bertz CT molecular complexity index is 761. The molecule has 0 fully saturated rings. The molecule has 0 spiro atoms. The third-order valence-corrected chi connectivity index (χ3v) is 3.97. The van der Waals surface area contributed by atoms with Crippen molar-refractivity contribution in [2.45, 2.75) is 13.0 Å². The zero-order chi connectivity index (χ0) is 19.6. The van der Waals surface area contributed by atoms with E-state index in [2.05, 4.69) is 10.1 Å². The van der Waals surface area contributed by atoms with Crippen molar-refractivity contribution in [3.63, 3.8) is 0 Å². The molecule has 2 aromatic carbocycles. The third-order valence-electron chi connectivity index (χ3n) is 3.97. The maximum absolute atomic E-state index is 12.7. The van der Waals surface area contributed by atoms with Crippen LogP contribution in [0.5, 0.6) is 5.75 Å². The fourth-order valence-electron chi connectivity index (χ4n) is 2.54. The highest BCUT2D eigenvalue weighted by Gasteiger charge is 2.16. The summed E-state index contributed by atoms with van der Waals surface area (Å²) in [5.74, 6) is 0.156. The Morgan fingerprint density at radius 1 is 1.07 bits per heavy atom. The highest BCUT2D eigenvalue weighted by atomic mass is 16.5. The quantitative estimate of drug-likeness (QED) is 0.696. The summed E-state index contributed by atoms with van der Waals surface area (Å²) in [5.41, 5.74) is 1.87. The summed E-state index contributed by atoms with van der Waals surface area (Å²) in [6.45, 7) is 0.707. The predicted octanol–water partition coefficient (Wildman–Crippen LogP) is 2.90. The highest BCUT2D eigenvalue weighted by molar-refractivity contribution is 5.91. The number of esters is 1. The largest absolute Gasteiger partial charge is 0.495 e. The molecule has 7 nitrogen and oxygen atoms in total. The summed E-state index contributed by atoms with van der Waals surface area (Å²) in [6.07, 6.45) is 0.458. The molecular formula is C20H24N2O5. The average molecular weight is 372 g/mol. The molecule has 27 heavy (non-hydrogen) atoms. The van der Waals surface area contributed by atoms with Crippen molar-refractivity contribution in [1.82, 2.24) is 4.90 Å². The molecule has 0 aromatic heterocycles. The van der Waals surface area contributed by atoms with Crippen LogP contribution in [0.15, 0.2) is 48.5 Å². The second-order valence-electron chi connectivity index (χ2n) is 5.82. The Morgan fingerprint density at radius 3 is 2.41 bits per heavy atom. The molecule has 0 unspecified atom stereocenters. The van der Waals surface area contributed by atoms with E-state index in [0.29, 0.717) is 36.5 Å². The molecule has 0 saturated carbocycles. The van der Waals surface area contributed by atoms with E-state index < -0.39 is 5.97 Å². The lowest BCUT2D eigenvalue weighted by molar-refractivity contribution is 0.0600. The van der Waals surface area contributed by atoms with Gasteiger partial charge < -0.3 is 24.8 Å². The Balaban J connectivity index is 2.11. The van der Waals surface area contributed by atoms with E-state index >= 15 is 0 Å². The van der Waals surface area contributed by atoms with Crippen LogP contribution in [0.25, 0.3) is 0 Å². The van der Waals surface area contributed by atoms with Gasteiger partial charge in [0.25, 0.3) is 0 Å². The summed E-state index contributed by atoms with van der Waals surface area (Å²) < 4.78 is 9.94. The van der Waals surface area contributed by atoms with Gasteiger partial charge in [-0.15, -0.1) is 0 Å². The molecule has 7 heteroatoms. The van der Waals surface area contributed by atoms with Crippen LogP contribution in [0, 0.1) is 0 Å². The number of carbonyl (C=O) groups is 2. The lowest BCUT2D eigenvalue weighted by Crippen LogP contribution is -2.35. The number of para-hydroxylation sites is 2. The summed E-state index contributed by atoms with van der Waals surface area (Å²) >= 11 is 0. The van der Waals surface area contributed by atoms with E-state index in [9.17, 15) is 9.59 Å². The van der Waals surface area contributed by atoms with Crippen LogP contribution in [0.2, 0.25) is 0 Å². The number of nitrogens with one attached hydrogen (secondary N) is 1. The first-order chi connectivity index (χ1) is 13.1. The van der Waals surface area contributed by atoms with Crippen molar-refractivity contribution in [2.24, 2.45) is 0 Å². The van der Waals surface area contributed by atoms with Gasteiger partial charge in [0.05, 0.1) is 25.5 Å². The van der Waals surface area contributed by atoms with Gasteiger partial charge in [-0.25, -0.2) is 9.59 Å².